The number of pyridine rings is 1. The summed E-state index contributed by atoms with van der Waals surface area (Å²) in [5.41, 5.74) is 2.22. The minimum absolute atomic E-state index is 0.0196. The van der Waals surface area contributed by atoms with Crippen LogP contribution in [0.2, 0.25) is 0 Å². The standard InChI is InChI=1S/C14H12BrFN2O/c1-8-3-4-11(12(16)5-8)14(19)18-10-6-9(2)13(15)17-7-10/h3-7H,1-2H3,(H,18,19). The zero-order chi connectivity index (χ0) is 14.0. The lowest BCUT2D eigenvalue weighted by atomic mass is 10.1. The lowest BCUT2D eigenvalue weighted by molar-refractivity contribution is 0.102. The maximum atomic E-state index is 13.7. The molecule has 0 aliphatic heterocycles. The number of halogens is 2. The third-order valence-electron chi connectivity index (χ3n) is 2.64. The first kappa shape index (κ1) is 13.7. The summed E-state index contributed by atoms with van der Waals surface area (Å²) in [5, 5.41) is 2.62. The molecule has 1 aromatic carbocycles. The summed E-state index contributed by atoms with van der Waals surface area (Å²) in [6.07, 6.45) is 1.51. The molecule has 2 aromatic rings. The van der Waals surface area contributed by atoms with Crippen LogP contribution in [0.1, 0.15) is 21.5 Å². The van der Waals surface area contributed by atoms with E-state index in [0.717, 1.165) is 11.1 Å². The van der Waals surface area contributed by atoms with Crippen molar-refractivity contribution >= 4 is 27.5 Å². The molecule has 0 atom stereocenters. The van der Waals surface area contributed by atoms with Crippen molar-refractivity contribution in [2.75, 3.05) is 5.32 Å². The fraction of sp³-hybridized carbons (Fsp3) is 0.143. The summed E-state index contributed by atoms with van der Waals surface area (Å²) < 4.78 is 14.4. The Morgan fingerprint density at radius 2 is 2.05 bits per heavy atom. The number of carbonyl (C=O) groups excluding carboxylic acids is 1. The average Bonchev–Trinajstić information content (AvgIpc) is 2.33. The van der Waals surface area contributed by atoms with E-state index < -0.39 is 11.7 Å². The number of rotatable bonds is 2. The third kappa shape index (κ3) is 3.17. The van der Waals surface area contributed by atoms with Gasteiger partial charge in [-0.15, -0.1) is 0 Å². The maximum Gasteiger partial charge on any atom is 0.258 e. The quantitative estimate of drug-likeness (QED) is 0.853. The summed E-state index contributed by atoms with van der Waals surface area (Å²) in [6.45, 7) is 3.63. The van der Waals surface area contributed by atoms with E-state index >= 15 is 0 Å². The van der Waals surface area contributed by atoms with Crippen molar-refractivity contribution in [1.29, 1.82) is 0 Å². The number of aryl methyl sites for hydroxylation is 2. The summed E-state index contributed by atoms with van der Waals surface area (Å²) >= 11 is 3.28. The molecular formula is C14H12BrFN2O. The molecule has 0 aliphatic carbocycles. The van der Waals surface area contributed by atoms with Gasteiger partial charge in [0.1, 0.15) is 10.4 Å². The van der Waals surface area contributed by atoms with E-state index in [2.05, 4.69) is 26.2 Å². The highest BCUT2D eigenvalue weighted by atomic mass is 79.9. The van der Waals surface area contributed by atoms with Crippen LogP contribution in [0.15, 0.2) is 35.1 Å². The van der Waals surface area contributed by atoms with Gasteiger partial charge in [-0.3, -0.25) is 4.79 Å². The predicted octanol–water partition coefficient (Wildman–Crippen LogP) is 3.85. The van der Waals surface area contributed by atoms with E-state index in [4.69, 9.17) is 0 Å². The number of nitrogens with one attached hydrogen (secondary N) is 1. The molecule has 0 fully saturated rings. The van der Waals surface area contributed by atoms with Gasteiger partial charge in [-0.1, -0.05) is 6.07 Å². The highest BCUT2D eigenvalue weighted by molar-refractivity contribution is 9.10. The number of hydrogen-bond acceptors (Lipinski definition) is 2. The molecule has 0 radical (unpaired) electrons. The van der Waals surface area contributed by atoms with Crippen LogP contribution in [0.25, 0.3) is 0 Å². The van der Waals surface area contributed by atoms with Gasteiger partial charge in [0.05, 0.1) is 17.4 Å². The highest BCUT2D eigenvalue weighted by Crippen LogP contribution is 2.18. The van der Waals surface area contributed by atoms with Crippen LogP contribution in [0.4, 0.5) is 10.1 Å². The molecule has 5 heteroatoms. The molecule has 0 unspecified atom stereocenters. The molecule has 2 rings (SSSR count). The Morgan fingerprint density at radius 1 is 1.32 bits per heavy atom. The number of hydrogen-bond donors (Lipinski definition) is 1. The van der Waals surface area contributed by atoms with Crippen molar-refractivity contribution in [3.63, 3.8) is 0 Å². The van der Waals surface area contributed by atoms with E-state index in [-0.39, 0.29) is 5.56 Å². The Bertz CT molecular complexity index is 643. The monoisotopic (exact) mass is 322 g/mol. The minimum atomic E-state index is -0.528. The lowest BCUT2D eigenvalue weighted by Gasteiger charge is -2.07. The predicted molar refractivity (Wildman–Crippen MR) is 75.8 cm³/mol. The first-order valence-electron chi connectivity index (χ1n) is 5.67. The Labute approximate surface area is 119 Å². The van der Waals surface area contributed by atoms with E-state index in [0.29, 0.717) is 10.3 Å². The fourth-order valence-corrected chi connectivity index (χ4v) is 1.85. The zero-order valence-corrected chi connectivity index (χ0v) is 12.1. The number of aromatic nitrogens is 1. The van der Waals surface area contributed by atoms with E-state index in [1.165, 1.54) is 18.3 Å². The van der Waals surface area contributed by atoms with Crippen LogP contribution in [0.5, 0.6) is 0 Å². The summed E-state index contributed by atoms with van der Waals surface area (Å²) in [5.74, 6) is -1.01. The van der Waals surface area contributed by atoms with E-state index in [1.807, 2.05) is 6.92 Å². The van der Waals surface area contributed by atoms with Gasteiger partial charge in [-0.05, 0) is 59.1 Å². The van der Waals surface area contributed by atoms with Crippen LogP contribution in [0.3, 0.4) is 0 Å². The molecule has 0 saturated carbocycles. The molecule has 0 bridgehead atoms. The Morgan fingerprint density at radius 3 is 2.68 bits per heavy atom. The summed E-state index contributed by atoms with van der Waals surface area (Å²) in [7, 11) is 0. The van der Waals surface area contributed by atoms with Gasteiger partial charge in [0.2, 0.25) is 0 Å². The number of carbonyl (C=O) groups is 1. The van der Waals surface area contributed by atoms with Gasteiger partial charge < -0.3 is 5.32 Å². The summed E-state index contributed by atoms with van der Waals surface area (Å²) in [6, 6.07) is 6.27. The highest BCUT2D eigenvalue weighted by Gasteiger charge is 2.12. The number of amides is 1. The fourth-order valence-electron chi connectivity index (χ4n) is 1.63. The second-order valence-electron chi connectivity index (χ2n) is 4.27. The van der Waals surface area contributed by atoms with E-state index in [9.17, 15) is 9.18 Å². The second-order valence-corrected chi connectivity index (χ2v) is 5.02. The van der Waals surface area contributed by atoms with Gasteiger partial charge in [0.25, 0.3) is 5.91 Å². The largest absolute Gasteiger partial charge is 0.320 e. The van der Waals surface area contributed by atoms with Crippen molar-refractivity contribution < 1.29 is 9.18 Å². The summed E-state index contributed by atoms with van der Waals surface area (Å²) in [4.78, 5) is 16.0. The van der Waals surface area contributed by atoms with Crippen molar-refractivity contribution in [2.45, 2.75) is 13.8 Å². The molecule has 1 amide bonds. The smallest absolute Gasteiger partial charge is 0.258 e. The van der Waals surface area contributed by atoms with Crippen LogP contribution in [-0.4, -0.2) is 10.9 Å². The first-order chi connectivity index (χ1) is 8.97. The van der Waals surface area contributed by atoms with Crippen LogP contribution in [-0.2, 0) is 0 Å². The Kier molecular flexibility index (Phi) is 3.95. The lowest BCUT2D eigenvalue weighted by Crippen LogP contribution is -2.14. The molecule has 19 heavy (non-hydrogen) atoms. The van der Waals surface area contributed by atoms with Crippen LogP contribution in [0, 0.1) is 19.7 Å². The number of benzene rings is 1. The average molecular weight is 323 g/mol. The van der Waals surface area contributed by atoms with Gasteiger partial charge in [-0.2, -0.15) is 0 Å². The van der Waals surface area contributed by atoms with Crippen LogP contribution < -0.4 is 5.32 Å². The van der Waals surface area contributed by atoms with Gasteiger partial charge >= 0.3 is 0 Å². The van der Waals surface area contributed by atoms with Crippen molar-refractivity contribution in [3.8, 4) is 0 Å². The minimum Gasteiger partial charge on any atom is -0.320 e. The molecule has 1 heterocycles. The van der Waals surface area contributed by atoms with Gasteiger partial charge in [0.15, 0.2) is 0 Å². The van der Waals surface area contributed by atoms with Crippen molar-refractivity contribution in [1.82, 2.24) is 4.98 Å². The van der Waals surface area contributed by atoms with Crippen LogP contribution >= 0.6 is 15.9 Å². The van der Waals surface area contributed by atoms with Crippen molar-refractivity contribution in [3.05, 3.63) is 57.6 Å². The molecule has 0 aliphatic rings. The molecular weight excluding hydrogens is 311 g/mol. The van der Waals surface area contributed by atoms with Gasteiger partial charge in [-0.25, -0.2) is 9.37 Å². The molecule has 3 nitrogen and oxygen atoms in total. The normalized spacial score (nSPS) is 10.3. The number of anilines is 1. The molecule has 98 valence electrons. The molecule has 1 aromatic heterocycles. The van der Waals surface area contributed by atoms with Crippen molar-refractivity contribution in [2.24, 2.45) is 0 Å². The molecule has 1 N–H and O–H groups in total. The Balaban J connectivity index is 2.23. The Hall–Kier alpha value is -1.75. The zero-order valence-electron chi connectivity index (χ0n) is 10.5. The second kappa shape index (κ2) is 5.48. The van der Waals surface area contributed by atoms with E-state index in [1.54, 1.807) is 19.1 Å². The number of nitrogens with zero attached hydrogens (tertiary/aromatic N) is 1. The topological polar surface area (TPSA) is 42.0 Å². The van der Waals surface area contributed by atoms with Gasteiger partial charge in [0, 0.05) is 0 Å². The molecule has 0 spiro atoms. The SMILES string of the molecule is Cc1ccc(C(=O)Nc2cnc(Br)c(C)c2)c(F)c1. The first-order valence-corrected chi connectivity index (χ1v) is 6.46. The third-order valence-corrected chi connectivity index (χ3v) is 3.47. The molecule has 0 saturated heterocycles. The maximum absolute atomic E-state index is 13.7.